The van der Waals surface area contributed by atoms with Crippen LogP contribution >= 0.6 is 0 Å². The van der Waals surface area contributed by atoms with Gasteiger partial charge in [-0.05, 0) is 61.0 Å². The van der Waals surface area contributed by atoms with Crippen LogP contribution in [-0.4, -0.2) is 59.1 Å². The van der Waals surface area contributed by atoms with Gasteiger partial charge in [0.2, 0.25) is 5.91 Å². The molecule has 0 bridgehead atoms. The van der Waals surface area contributed by atoms with Crippen LogP contribution in [-0.2, 0) is 15.2 Å². The van der Waals surface area contributed by atoms with Crippen LogP contribution in [0, 0.1) is 11.8 Å². The Kier molecular flexibility index (Phi) is 7.99. The van der Waals surface area contributed by atoms with E-state index < -0.39 is 35.4 Å². The molecule has 9 heteroatoms. The molecule has 1 saturated heterocycles. The standard InChI is InChI=1S/C29H34F3N3O3/c1-3-34(4-2)14-8-5-9-15-35-24-18-21(26(33)36)17-23(29(30,31)32)25(24)28(38,27(35)37)22-13-12-19-10-6-7-11-20(19)16-22/h6-7,10-13,16-18,23,25,38H,3-5,8-9,14-15H2,1-2H3,(H2,33,36). The van der Waals surface area contributed by atoms with Gasteiger partial charge in [-0.2, -0.15) is 13.2 Å². The molecule has 0 radical (unpaired) electrons. The lowest BCUT2D eigenvalue weighted by Crippen LogP contribution is -2.46. The SMILES string of the molecule is CCN(CC)CCCCCN1C(=O)C(O)(c2ccc3ccccc3c2)C2C1=CC(C(N)=O)=CC2C(F)(F)F. The van der Waals surface area contributed by atoms with Gasteiger partial charge in [0.05, 0.1) is 11.8 Å². The van der Waals surface area contributed by atoms with Crippen molar-refractivity contribution < 1.29 is 27.9 Å². The topological polar surface area (TPSA) is 86.9 Å². The Morgan fingerprint density at radius 2 is 1.76 bits per heavy atom. The number of primary amides is 1. The molecule has 1 heterocycles. The Bertz CT molecular complexity index is 1270. The van der Waals surface area contributed by atoms with E-state index in [1.165, 1.54) is 17.0 Å². The summed E-state index contributed by atoms with van der Waals surface area (Å²) in [5.74, 6) is -5.74. The molecule has 0 saturated carbocycles. The van der Waals surface area contributed by atoms with Crippen LogP contribution in [0.4, 0.5) is 13.2 Å². The number of hydrogen-bond donors (Lipinski definition) is 2. The third-order valence-electron chi connectivity index (χ3n) is 7.78. The van der Waals surface area contributed by atoms with Gasteiger partial charge in [-0.25, -0.2) is 0 Å². The predicted octanol–water partition coefficient (Wildman–Crippen LogP) is 4.49. The number of likely N-dealkylation sites (tertiary alicyclic amines) is 1. The Morgan fingerprint density at radius 3 is 2.39 bits per heavy atom. The molecule has 0 aromatic heterocycles. The van der Waals surface area contributed by atoms with Gasteiger partial charge in [-0.1, -0.05) is 62.7 Å². The lowest BCUT2D eigenvalue weighted by Gasteiger charge is -2.35. The first-order valence-corrected chi connectivity index (χ1v) is 13.1. The average Bonchev–Trinajstić information content (AvgIpc) is 3.11. The van der Waals surface area contributed by atoms with Gasteiger partial charge >= 0.3 is 6.18 Å². The quantitative estimate of drug-likeness (QED) is 0.444. The van der Waals surface area contributed by atoms with Gasteiger partial charge in [0.15, 0.2) is 5.60 Å². The Labute approximate surface area is 220 Å². The molecule has 4 rings (SSSR count). The molecule has 204 valence electrons. The summed E-state index contributed by atoms with van der Waals surface area (Å²) >= 11 is 0. The number of halogens is 3. The van der Waals surface area contributed by atoms with E-state index in [4.69, 9.17) is 5.73 Å². The minimum Gasteiger partial charge on any atom is -0.375 e. The Hall–Kier alpha value is -3.17. The maximum Gasteiger partial charge on any atom is 0.395 e. The fourth-order valence-corrected chi connectivity index (χ4v) is 5.67. The van der Waals surface area contributed by atoms with Gasteiger partial charge < -0.3 is 20.6 Å². The summed E-state index contributed by atoms with van der Waals surface area (Å²) in [5, 5.41) is 13.5. The summed E-state index contributed by atoms with van der Waals surface area (Å²) in [6, 6.07) is 12.0. The number of hydrogen-bond acceptors (Lipinski definition) is 4. The number of nitrogens with two attached hydrogens (primary N) is 1. The van der Waals surface area contributed by atoms with Crippen LogP contribution in [0.15, 0.2) is 65.9 Å². The molecular formula is C29H34F3N3O3. The van der Waals surface area contributed by atoms with Gasteiger partial charge in [-0.3, -0.25) is 9.59 Å². The summed E-state index contributed by atoms with van der Waals surface area (Å²) in [6.45, 7) is 7.03. The molecule has 2 aromatic rings. The number of fused-ring (bicyclic) bond motifs is 2. The highest BCUT2D eigenvalue weighted by atomic mass is 19.4. The molecule has 2 aliphatic rings. The lowest BCUT2D eigenvalue weighted by atomic mass is 9.71. The first kappa shape index (κ1) is 27.9. The number of aliphatic hydroxyl groups is 1. The molecule has 2 amide bonds. The zero-order valence-electron chi connectivity index (χ0n) is 21.7. The van der Waals surface area contributed by atoms with E-state index in [2.05, 4.69) is 18.7 Å². The van der Waals surface area contributed by atoms with Crippen molar-refractivity contribution in [3.05, 3.63) is 71.5 Å². The first-order valence-electron chi connectivity index (χ1n) is 13.1. The van der Waals surface area contributed by atoms with Crippen LogP contribution in [0.5, 0.6) is 0 Å². The summed E-state index contributed by atoms with van der Waals surface area (Å²) in [4.78, 5) is 29.3. The van der Waals surface area contributed by atoms with Crippen molar-refractivity contribution in [2.75, 3.05) is 26.2 Å². The highest BCUT2D eigenvalue weighted by molar-refractivity contribution is 5.98. The number of amides is 2. The summed E-state index contributed by atoms with van der Waals surface area (Å²) in [7, 11) is 0. The van der Waals surface area contributed by atoms with E-state index in [9.17, 15) is 27.9 Å². The van der Waals surface area contributed by atoms with Crippen molar-refractivity contribution in [3.8, 4) is 0 Å². The van der Waals surface area contributed by atoms with Crippen LogP contribution in [0.2, 0.25) is 0 Å². The smallest absolute Gasteiger partial charge is 0.375 e. The fraction of sp³-hybridized carbons (Fsp3) is 0.448. The normalized spacial score (nSPS) is 23.6. The monoisotopic (exact) mass is 529 g/mol. The van der Waals surface area contributed by atoms with E-state index in [-0.39, 0.29) is 23.4 Å². The molecule has 6 nitrogen and oxygen atoms in total. The molecule has 2 aromatic carbocycles. The first-order chi connectivity index (χ1) is 18.0. The number of allylic oxidation sites excluding steroid dienone is 1. The molecular weight excluding hydrogens is 495 g/mol. The number of carbonyl (C=O) groups is 2. The third kappa shape index (κ3) is 5.09. The fourth-order valence-electron chi connectivity index (χ4n) is 5.67. The van der Waals surface area contributed by atoms with E-state index >= 15 is 0 Å². The zero-order valence-corrected chi connectivity index (χ0v) is 21.7. The number of unbranched alkanes of at least 4 members (excludes halogenated alkanes) is 2. The van der Waals surface area contributed by atoms with E-state index in [0.29, 0.717) is 11.8 Å². The molecule has 1 fully saturated rings. The average molecular weight is 530 g/mol. The van der Waals surface area contributed by atoms with E-state index in [0.717, 1.165) is 43.9 Å². The van der Waals surface area contributed by atoms with Crippen molar-refractivity contribution in [1.82, 2.24) is 9.80 Å². The number of nitrogens with zero attached hydrogens (tertiary/aromatic N) is 2. The predicted molar refractivity (Wildman–Crippen MR) is 140 cm³/mol. The van der Waals surface area contributed by atoms with Crippen molar-refractivity contribution in [1.29, 1.82) is 0 Å². The molecule has 3 N–H and O–H groups in total. The number of benzene rings is 2. The van der Waals surface area contributed by atoms with E-state index in [1.54, 1.807) is 24.3 Å². The lowest BCUT2D eigenvalue weighted by molar-refractivity contribution is -0.189. The summed E-state index contributed by atoms with van der Waals surface area (Å²) in [6.07, 6.45) is -0.676. The highest BCUT2D eigenvalue weighted by Crippen LogP contribution is 2.54. The second-order valence-electron chi connectivity index (χ2n) is 9.97. The van der Waals surface area contributed by atoms with Crippen LogP contribution < -0.4 is 5.73 Å². The van der Waals surface area contributed by atoms with Gasteiger partial charge in [-0.15, -0.1) is 0 Å². The van der Waals surface area contributed by atoms with Crippen molar-refractivity contribution in [2.24, 2.45) is 17.6 Å². The van der Waals surface area contributed by atoms with E-state index in [1.807, 2.05) is 12.1 Å². The number of carbonyl (C=O) groups excluding carboxylic acids is 2. The zero-order chi connectivity index (χ0) is 27.7. The van der Waals surface area contributed by atoms with Crippen LogP contribution in [0.1, 0.15) is 38.7 Å². The summed E-state index contributed by atoms with van der Waals surface area (Å²) < 4.78 is 43.2. The Balaban J connectivity index is 1.73. The van der Waals surface area contributed by atoms with Gasteiger partial charge in [0.1, 0.15) is 0 Å². The number of alkyl halides is 3. The van der Waals surface area contributed by atoms with Crippen LogP contribution in [0.25, 0.3) is 10.8 Å². The molecule has 1 aliphatic heterocycles. The van der Waals surface area contributed by atoms with Gasteiger partial charge in [0.25, 0.3) is 5.91 Å². The number of rotatable bonds is 10. The van der Waals surface area contributed by atoms with Crippen molar-refractivity contribution in [3.63, 3.8) is 0 Å². The largest absolute Gasteiger partial charge is 0.395 e. The van der Waals surface area contributed by atoms with Crippen molar-refractivity contribution in [2.45, 2.75) is 44.9 Å². The molecule has 0 spiro atoms. The Morgan fingerprint density at radius 1 is 1.08 bits per heavy atom. The second-order valence-corrected chi connectivity index (χ2v) is 9.97. The highest BCUT2D eigenvalue weighted by Gasteiger charge is 2.64. The van der Waals surface area contributed by atoms with Crippen molar-refractivity contribution >= 4 is 22.6 Å². The molecule has 3 atom stereocenters. The molecule has 3 unspecified atom stereocenters. The maximum atomic E-state index is 14.4. The molecule has 1 aliphatic carbocycles. The molecule has 38 heavy (non-hydrogen) atoms. The second kappa shape index (κ2) is 10.9. The minimum atomic E-state index is -4.82. The van der Waals surface area contributed by atoms with Gasteiger partial charge in [0, 0.05) is 17.8 Å². The minimum absolute atomic E-state index is 0.0203. The maximum absolute atomic E-state index is 14.4. The summed E-state index contributed by atoms with van der Waals surface area (Å²) in [5.41, 5.74) is 2.67. The van der Waals surface area contributed by atoms with Crippen LogP contribution in [0.3, 0.4) is 0 Å². The third-order valence-corrected chi connectivity index (χ3v) is 7.78.